The lowest BCUT2D eigenvalue weighted by Gasteiger charge is -2.18. The number of amides is 2. The van der Waals surface area contributed by atoms with Gasteiger partial charge in [0.2, 0.25) is 11.8 Å². The molecule has 1 atom stereocenters. The van der Waals surface area contributed by atoms with Crippen LogP contribution >= 0.6 is 0 Å². The third-order valence-electron chi connectivity index (χ3n) is 4.63. The molecule has 1 aliphatic heterocycles. The van der Waals surface area contributed by atoms with Crippen LogP contribution in [0.2, 0.25) is 0 Å². The van der Waals surface area contributed by atoms with Crippen molar-refractivity contribution in [3.05, 3.63) is 59.4 Å². The number of hydrogen-bond acceptors (Lipinski definition) is 2. The molecule has 2 amide bonds. The van der Waals surface area contributed by atoms with Crippen molar-refractivity contribution in [3.8, 4) is 0 Å². The van der Waals surface area contributed by atoms with Crippen LogP contribution in [0.1, 0.15) is 24.5 Å². The van der Waals surface area contributed by atoms with Gasteiger partial charge in [0.05, 0.1) is 11.6 Å². The molecule has 1 fully saturated rings. The molecule has 1 saturated heterocycles. The number of anilines is 2. The van der Waals surface area contributed by atoms with Crippen molar-refractivity contribution in [1.82, 2.24) is 0 Å². The van der Waals surface area contributed by atoms with Crippen molar-refractivity contribution < 1.29 is 14.0 Å². The van der Waals surface area contributed by atoms with Gasteiger partial charge >= 0.3 is 0 Å². The molecule has 4 nitrogen and oxygen atoms in total. The lowest BCUT2D eigenvalue weighted by atomic mass is 10.0. The van der Waals surface area contributed by atoms with Crippen molar-refractivity contribution in [2.24, 2.45) is 5.92 Å². The van der Waals surface area contributed by atoms with Crippen LogP contribution in [-0.4, -0.2) is 18.4 Å². The highest BCUT2D eigenvalue weighted by Gasteiger charge is 2.36. The predicted octanol–water partition coefficient (Wildman–Crippen LogP) is 3.69. The molecule has 0 unspecified atom stereocenters. The number of rotatable bonds is 4. The summed E-state index contributed by atoms with van der Waals surface area (Å²) in [6.45, 7) is 4.17. The number of nitrogens with one attached hydrogen (secondary N) is 1. The smallest absolute Gasteiger partial charge is 0.229 e. The van der Waals surface area contributed by atoms with Crippen LogP contribution in [0, 0.1) is 18.7 Å². The maximum Gasteiger partial charge on any atom is 0.229 e. The van der Waals surface area contributed by atoms with Crippen LogP contribution in [0.15, 0.2) is 42.5 Å². The van der Waals surface area contributed by atoms with Crippen LogP contribution in [0.5, 0.6) is 0 Å². The molecule has 5 heteroatoms. The van der Waals surface area contributed by atoms with Gasteiger partial charge in [-0.25, -0.2) is 4.39 Å². The van der Waals surface area contributed by atoms with Crippen LogP contribution in [0.4, 0.5) is 15.8 Å². The van der Waals surface area contributed by atoms with Crippen LogP contribution in [0.25, 0.3) is 0 Å². The van der Waals surface area contributed by atoms with Crippen molar-refractivity contribution >= 4 is 23.2 Å². The van der Waals surface area contributed by atoms with Gasteiger partial charge in [0, 0.05) is 18.7 Å². The monoisotopic (exact) mass is 340 g/mol. The first-order valence-electron chi connectivity index (χ1n) is 8.45. The molecule has 0 bridgehead atoms. The zero-order valence-corrected chi connectivity index (χ0v) is 14.4. The number of nitrogens with zero attached hydrogens (tertiary/aromatic N) is 1. The summed E-state index contributed by atoms with van der Waals surface area (Å²) in [6, 6.07) is 12.0. The minimum atomic E-state index is -0.489. The van der Waals surface area contributed by atoms with E-state index in [-0.39, 0.29) is 30.5 Å². The standard InChI is InChI=1S/C20H21FN2O2/c1-3-14-8-6-7-13(2)19(14)22-20(25)15-11-18(24)23(12-15)17-10-5-4-9-16(17)21/h4-10,15H,3,11-12H2,1-2H3,(H,22,25)/t15-/m1/s1. The number of halogens is 1. The topological polar surface area (TPSA) is 49.4 Å². The fourth-order valence-corrected chi connectivity index (χ4v) is 3.21. The van der Waals surface area contributed by atoms with Crippen LogP contribution in [0.3, 0.4) is 0 Å². The zero-order valence-electron chi connectivity index (χ0n) is 14.4. The van der Waals surface area contributed by atoms with Crippen LogP contribution < -0.4 is 10.2 Å². The highest BCUT2D eigenvalue weighted by molar-refractivity contribution is 6.04. The average Bonchev–Trinajstić information content (AvgIpc) is 2.99. The minimum Gasteiger partial charge on any atom is -0.325 e. The Balaban J connectivity index is 1.77. The van der Waals surface area contributed by atoms with Crippen molar-refractivity contribution in [2.75, 3.05) is 16.8 Å². The second-order valence-corrected chi connectivity index (χ2v) is 6.31. The second-order valence-electron chi connectivity index (χ2n) is 6.31. The molecule has 2 aromatic rings. The van der Waals surface area contributed by atoms with E-state index in [4.69, 9.17) is 0 Å². The first-order valence-corrected chi connectivity index (χ1v) is 8.45. The number of carbonyl (C=O) groups excluding carboxylic acids is 2. The summed E-state index contributed by atoms with van der Waals surface area (Å²) in [5.74, 6) is -1.37. The molecule has 3 rings (SSSR count). The molecule has 0 radical (unpaired) electrons. The molecule has 130 valence electrons. The molecular formula is C20H21FN2O2. The van der Waals surface area contributed by atoms with Gasteiger partial charge in [-0.3, -0.25) is 9.59 Å². The molecule has 0 aromatic heterocycles. The van der Waals surface area contributed by atoms with E-state index in [1.165, 1.54) is 11.0 Å². The van der Waals surface area contributed by atoms with Gasteiger partial charge in [0.25, 0.3) is 0 Å². The Kier molecular flexibility index (Phi) is 4.83. The second kappa shape index (κ2) is 7.05. The van der Waals surface area contributed by atoms with E-state index in [0.29, 0.717) is 0 Å². The van der Waals surface area contributed by atoms with Crippen LogP contribution in [-0.2, 0) is 16.0 Å². The minimum absolute atomic E-state index is 0.0908. The summed E-state index contributed by atoms with van der Waals surface area (Å²) in [4.78, 5) is 26.3. The van der Waals surface area contributed by atoms with E-state index < -0.39 is 11.7 Å². The maximum absolute atomic E-state index is 13.9. The average molecular weight is 340 g/mol. The highest BCUT2D eigenvalue weighted by Crippen LogP contribution is 2.29. The number of aryl methyl sites for hydroxylation is 2. The van der Waals surface area contributed by atoms with Crippen molar-refractivity contribution in [1.29, 1.82) is 0 Å². The zero-order chi connectivity index (χ0) is 18.0. The Morgan fingerprint density at radius 1 is 1.24 bits per heavy atom. The van der Waals surface area contributed by atoms with E-state index >= 15 is 0 Å². The van der Waals surface area contributed by atoms with Gasteiger partial charge in [-0.05, 0) is 36.6 Å². The van der Waals surface area contributed by atoms with Gasteiger partial charge in [-0.15, -0.1) is 0 Å². The highest BCUT2D eigenvalue weighted by atomic mass is 19.1. The van der Waals surface area contributed by atoms with E-state index in [1.807, 2.05) is 32.0 Å². The molecule has 1 aliphatic rings. The molecule has 1 N–H and O–H groups in total. The summed E-state index contributed by atoms with van der Waals surface area (Å²) in [7, 11) is 0. The third kappa shape index (κ3) is 3.40. The van der Waals surface area contributed by atoms with Crippen molar-refractivity contribution in [2.45, 2.75) is 26.7 Å². The van der Waals surface area contributed by atoms with Crippen molar-refractivity contribution in [3.63, 3.8) is 0 Å². The van der Waals surface area contributed by atoms with E-state index in [1.54, 1.807) is 18.2 Å². The van der Waals surface area contributed by atoms with Gasteiger partial charge in [-0.2, -0.15) is 0 Å². The molecule has 25 heavy (non-hydrogen) atoms. The first-order chi connectivity index (χ1) is 12.0. The van der Waals surface area contributed by atoms with E-state index in [0.717, 1.165) is 23.2 Å². The molecule has 0 aliphatic carbocycles. The first kappa shape index (κ1) is 17.1. The molecule has 2 aromatic carbocycles. The Hall–Kier alpha value is -2.69. The van der Waals surface area contributed by atoms with E-state index in [9.17, 15) is 14.0 Å². The largest absolute Gasteiger partial charge is 0.325 e. The predicted molar refractivity (Wildman–Crippen MR) is 96.0 cm³/mol. The summed E-state index contributed by atoms with van der Waals surface area (Å²) in [5.41, 5.74) is 3.09. The summed E-state index contributed by atoms with van der Waals surface area (Å²) >= 11 is 0. The third-order valence-corrected chi connectivity index (χ3v) is 4.63. The van der Waals surface area contributed by atoms with Gasteiger partial charge in [0.15, 0.2) is 0 Å². The molecular weight excluding hydrogens is 319 g/mol. The fraction of sp³-hybridized carbons (Fsp3) is 0.300. The quantitative estimate of drug-likeness (QED) is 0.923. The molecule has 0 spiro atoms. The Morgan fingerprint density at radius 2 is 2.00 bits per heavy atom. The number of para-hydroxylation sites is 2. The fourth-order valence-electron chi connectivity index (χ4n) is 3.21. The Morgan fingerprint density at radius 3 is 2.72 bits per heavy atom. The number of hydrogen-bond donors (Lipinski definition) is 1. The lowest BCUT2D eigenvalue weighted by molar-refractivity contribution is -0.122. The summed E-state index contributed by atoms with van der Waals surface area (Å²) in [6.07, 6.45) is 0.899. The Labute approximate surface area is 146 Å². The lowest BCUT2D eigenvalue weighted by Crippen LogP contribution is -2.29. The van der Waals surface area contributed by atoms with Gasteiger partial charge in [-0.1, -0.05) is 37.3 Å². The SMILES string of the molecule is CCc1cccc(C)c1NC(=O)[C@@H]1CC(=O)N(c2ccccc2F)C1. The normalized spacial score (nSPS) is 17.0. The van der Waals surface area contributed by atoms with E-state index in [2.05, 4.69) is 5.32 Å². The summed E-state index contributed by atoms with van der Waals surface area (Å²) in [5, 5.41) is 2.97. The Bertz CT molecular complexity index is 819. The maximum atomic E-state index is 13.9. The summed E-state index contributed by atoms with van der Waals surface area (Å²) < 4.78 is 13.9. The van der Waals surface area contributed by atoms with Gasteiger partial charge < -0.3 is 10.2 Å². The van der Waals surface area contributed by atoms with Gasteiger partial charge in [0.1, 0.15) is 5.82 Å². The molecule has 0 saturated carbocycles. The number of benzene rings is 2. The molecule has 1 heterocycles. The number of carbonyl (C=O) groups is 2.